The number of nitrogens with zero attached hydrogens (tertiary/aromatic N) is 3. The zero-order valence-corrected chi connectivity index (χ0v) is 16.2. The summed E-state index contributed by atoms with van der Waals surface area (Å²) in [4.78, 5) is 39.4. The Morgan fingerprint density at radius 1 is 1.11 bits per heavy atom. The smallest absolute Gasteiger partial charge is 0.292 e. The fourth-order valence-electron chi connectivity index (χ4n) is 3.18. The summed E-state index contributed by atoms with van der Waals surface area (Å²) in [6, 6.07) is 10.3. The van der Waals surface area contributed by atoms with Crippen molar-refractivity contribution >= 4 is 34.5 Å². The van der Waals surface area contributed by atoms with E-state index in [0.29, 0.717) is 56.1 Å². The van der Waals surface area contributed by atoms with Gasteiger partial charge in [-0.3, -0.25) is 19.7 Å². The van der Waals surface area contributed by atoms with Crippen LogP contribution in [0.1, 0.15) is 22.5 Å². The van der Waals surface area contributed by atoms with Crippen LogP contribution in [-0.2, 0) is 4.79 Å². The van der Waals surface area contributed by atoms with E-state index < -0.39 is 0 Å². The Balaban J connectivity index is 1.42. The molecule has 0 unspecified atom stereocenters. The van der Waals surface area contributed by atoms with Crippen molar-refractivity contribution in [2.24, 2.45) is 0 Å². The van der Waals surface area contributed by atoms with Crippen LogP contribution in [0.3, 0.4) is 0 Å². The number of carbonyl (C=O) groups is 2. The highest BCUT2D eigenvalue weighted by Crippen LogP contribution is 2.28. The highest BCUT2D eigenvalue weighted by molar-refractivity contribution is 7.12. The number of nitro groups is 1. The lowest BCUT2D eigenvalue weighted by Crippen LogP contribution is -2.49. The summed E-state index contributed by atoms with van der Waals surface area (Å²) in [5.41, 5.74) is 0.680. The highest BCUT2D eigenvalue weighted by Gasteiger charge is 2.25. The molecule has 0 aliphatic carbocycles. The number of hydrogen-bond donors (Lipinski definition) is 1. The van der Waals surface area contributed by atoms with Gasteiger partial charge in [-0.25, -0.2) is 0 Å². The molecule has 9 heteroatoms. The number of hydrogen-bond acceptors (Lipinski definition) is 6. The third-order valence-corrected chi connectivity index (χ3v) is 5.52. The summed E-state index contributed by atoms with van der Waals surface area (Å²) < 4.78 is 0. The molecule has 28 heavy (non-hydrogen) atoms. The first-order chi connectivity index (χ1) is 13.6. The van der Waals surface area contributed by atoms with E-state index in [1.807, 2.05) is 16.3 Å². The summed E-state index contributed by atoms with van der Waals surface area (Å²) in [5, 5.41) is 15.9. The Hall–Kier alpha value is -2.94. The van der Waals surface area contributed by atoms with Gasteiger partial charge in [0.15, 0.2) is 0 Å². The van der Waals surface area contributed by atoms with Crippen molar-refractivity contribution < 1.29 is 14.5 Å². The average Bonchev–Trinajstić information content (AvgIpc) is 3.26. The monoisotopic (exact) mass is 402 g/mol. The second-order valence-corrected chi connectivity index (χ2v) is 7.40. The second-order valence-electron chi connectivity index (χ2n) is 6.45. The van der Waals surface area contributed by atoms with E-state index >= 15 is 0 Å². The molecule has 1 aromatic carbocycles. The molecule has 3 rings (SSSR count). The number of para-hydroxylation sites is 2. The maximum absolute atomic E-state index is 12.4. The second kappa shape index (κ2) is 9.32. The largest absolute Gasteiger partial charge is 0.362 e. The lowest BCUT2D eigenvalue weighted by molar-refractivity contribution is -0.384. The number of thiophene rings is 1. The average molecular weight is 402 g/mol. The quantitative estimate of drug-likeness (QED) is 0.436. The molecule has 0 saturated carbocycles. The molecule has 2 aromatic rings. The first-order valence-electron chi connectivity index (χ1n) is 9.14. The summed E-state index contributed by atoms with van der Waals surface area (Å²) in [5.74, 6) is -0.0619. The molecule has 2 heterocycles. The van der Waals surface area contributed by atoms with Gasteiger partial charge in [-0.15, -0.1) is 11.3 Å². The molecule has 0 atom stereocenters. The van der Waals surface area contributed by atoms with Crippen LogP contribution in [0, 0.1) is 10.1 Å². The van der Waals surface area contributed by atoms with Gasteiger partial charge < -0.3 is 15.1 Å². The van der Waals surface area contributed by atoms with E-state index in [4.69, 9.17) is 0 Å². The fourth-order valence-corrected chi connectivity index (χ4v) is 3.82. The first kappa shape index (κ1) is 19.8. The first-order valence-corrected chi connectivity index (χ1v) is 10.0. The summed E-state index contributed by atoms with van der Waals surface area (Å²) in [6.45, 7) is 2.65. The van der Waals surface area contributed by atoms with Gasteiger partial charge in [-0.1, -0.05) is 18.2 Å². The van der Waals surface area contributed by atoms with Gasteiger partial charge in [0.2, 0.25) is 5.91 Å². The highest BCUT2D eigenvalue weighted by atomic mass is 32.1. The number of nitrogens with one attached hydrogen (secondary N) is 1. The van der Waals surface area contributed by atoms with E-state index in [9.17, 15) is 19.7 Å². The minimum Gasteiger partial charge on any atom is -0.362 e. The van der Waals surface area contributed by atoms with Crippen LogP contribution in [0.15, 0.2) is 41.8 Å². The topological polar surface area (TPSA) is 95.8 Å². The van der Waals surface area contributed by atoms with Gasteiger partial charge in [0, 0.05) is 45.2 Å². The number of amides is 2. The predicted molar refractivity (Wildman–Crippen MR) is 108 cm³/mol. The van der Waals surface area contributed by atoms with Crippen molar-refractivity contribution in [3.05, 3.63) is 56.8 Å². The summed E-state index contributed by atoms with van der Waals surface area (Å²) >= 11 is 1.39. The van der Waals surface area contributed by atoms with Crippen molar-refractivity contribution in [3.63, 3.8) is 0 Å². The number of benzene rings is 1. The Morgan fingerprint density at radius 2 is 1.86 bits per heavy atom. The van der Waals surface area contributed by atoms with Gasteiger partial charge in [-0.05, 0) is 23.9 Å². The molecule has 0 spiro atoms. The number of piperazine rings is 1. The van der Waals surface area contributed by atoms with Gasteiger partial charge in [-0.2, -0.15) is 0 Å². The summed E-state index contributed by atoms with van der Waals surface area (Å²) in [7, 11) is 0. The van der Waals surface area contributed by atoms with Crippen LogP contribution in [0.2, 0.25) is 0 Å². The van der Waals surface area contributed by atoms with Crippen LogP contribution in [0.4, 0.5) is 11.4 Å². The Bertz CT molecular complexity index is 832. The van der Waals surface area contributed by atoms with Gasteiger partial charge in [0.1, 0.15) is 5.69 Å². The van der Waals surface area contributed by atoms with Crippen molar-refractivity contribution in [1.82, 2.24) is 10.2 Å². The lowest BCUT2D eigenvalue weighted by Gasteiger charge is -2.35. The standard InChI is InChI=1S/C19H22N4O4S/c24-18(8-3-9-20-19(25)17-7-4-14-28-17)22-12-10-21(11-13-22)15-5-1-2-6-16(15)23(26)27/h1-2,4-7,14H,3,8-13H2,(H,20,25). The van der Waals surface area contributed by atoms with E-state index in [2.05, 4.69) is 5.32 Å². The molecule has 0 bridgehead atoms. The number of nitro benzene ring substituents is 1. The molecule has 148 valence electrons. The van der Waals surface area contributed by atoms with Crippen molar-refractivity contribution in [2.45, 2.75) is 12.8 Å². The Labute approximate surface area is 166 Å². The lowest BCUT2D eigenvalue weighted by atomic mass is 10.2. The van der Waals surface area contributed by atoms with Crippen molar-refractivity contribution in [2.75, 3.05) is 37.6 Å². The van der Waals surface area contributed by atoms with Crippen LogP contribution in [0.25, 0.3) is 0 Å². The molecule has 0 radical (unpaired) electrons. The molecule has 1 saturated heterocycles. The Morgan fingerprint density at radius 3 is 2.54 bits per heavy atom. The van der Waals surface area contributed by atoms with Gasteiger partial charge in [0.05, 0.1) is 9.80 Å². The molecule has 8 nitrogen and oxygen atoms in total. The Kier molecular flexibility index (Phi) is 6.59. The molecule has 1 fully saturated rings. The maximum atomic E-state index is 12.4. The van der Waals surface area contributed by atoms with Crippen molar-refractivity contribution in [3.8, 4) is 0 Å². The fraction of sp³-hybridized carbons (Fsp3) is 0.368. The molecule has 1 aromatic heterocycles. The minimum absolute atomic E-state index is 0.0487. The van der Waals surface area contributed by atoms with Crippen LogP contribution in [0.5, 0.6) is 0 Å². The van der Waals surface area contributed by atoms with E-state index in [-0.39, 0.29) is 22.4 Å². The number of carbonyl (C=O) groups excluding carboxylic acids is 2. The molecular formula is C19H22N4O4S. The van der Waals surface area contributed by atoms with E-state index in [0.717, 1.165) is 0 Å². The number of anilines is 1. The molecule has 1 aliphatic heterocycles. The molecule has 1 N–H and O–H groups in total. The third-order valence-electron chi connectivity index (χ3n) is 4.65. The molecule has 2 amide bonds. The molecular weight excluding hydrogens is 380 g/mol. The van der Waals surface area contributed by atoms with E-state index in [1.54, 1.807) is 29.2 Å². The van der Waals surface area contributed by atoms with Crippen LogP contribution < -0.4 is 10.2 Å². The van der Waals surface area contributed by atoms with Crippen molar-refractivity contribution in [1.29, 1.82) is 0 Å². The third kappa shape index (κ3) is 4.86. The zero-order chi connectivity index (χ0) is 19.9. The normalized spacial score (nSPS) is 14.0. The van der Waals surface area contributed by atoms with Gasteiger partial charge >= 0.3 is 0 Å². The maximum Gasteiger partial charge on any atom is 0.292 e. The zero-order valence-electron chi connectivity index (χ0n) is 15.4. The summed E-state index contributed by atoms with van der Waals surface area (Å²) in [6.07, 6.45) is 0.955. The number of rotatable bonds is 7. The van der Waals surface area contributed by atoms with Gasteiger partial charge in [0.25, 0.3) is 11.6 Å². The molecule has 1 aliphatic rings. The van der Waals surface area contributed by atoms with Crippen LogP contribution in [-0.4, -0.2) is 54.4 Å². The van der Waals surface area contributed by atoms with E-state index in [1.165, 1.54) is 17.4 Å². The van der Waals surface area contributed by atoms with Crippen LogP contribution >= 0.6 is 11.3 Å². The minimum atomic E-state index is -0.378. The predicted octanol–water partition coefficient (Wildman–Crippen LogP) is 2.52. The SMILES string of the molecule is O=C(NCCCC(=O)N1CCN(c2ccccc2[N+](=O)[O-])CC1)c1cccs1.